The first-order valence-electron chi connectivity index (χ1n) is 6.84. The second-order valence-corrected chi connectivity index (χ2v) is 5.43. The third-order valence-electron chi connectivity index (χ3n) is 3.14. The van der Waals surface area contributed by atoms with Crippen LogP contribution in [-0.2, 0) is 9.59 Å². The van der Waals surface area contributed by atoms with Crippen molar-refractivity contribution in [1.82, 2.24) is 9.80 Å². The summed E-state index contributed by atoms with van der Waals surface area (Å²) < 4.78 is 13.0. The van der Waals surface area contributed by atoms with E-state index in [2.05, 4.69) is 4.99 Å². The second-order valence-electron chi connectivity index (χ2n) is 5.43. The molecular formula is C15H18FN3O2. The summed E-state index contributed by atoms with van der Waals surface area (Å²) in [5.74, 6) is -1.24. The highest BCUT2D eigenvalue weighted by atomic mass is 19.1. The van der Waals surface area contributed by atoms with Crippen molar-refractivity contribution in [2.75, 3.05) is 0 Å². The van der Waals surface area contributed by atoms with E-state index in [9.17, 15) is 14.0 Å². The van der Waals surface area contributed by atoms with E-state index in [0.29, 0.717) is 11.6 Å². The number of carbonyl (C=O) groups is 2. The summed E-state index contributed by atoms with van der Waals surface area (Å²) in [5.41, 5.74) is 0.491. The predicted molar refractivity (Wildman–Crippen MR) is 77.5 cm³/mol. The number of benzene rings is 1. The third-order valence-corrected chi connectivity index (χ3v) is 3.14. The molecule has 0 bridgehead atoms. The van der Waals surface area contributed by atoms with Crippen molar-refractivity contribution >= 4 is 23.5 Å². The number of aliphatic imine (C=N–C) groups is 1. The molecule has 0 N–H and O–H groups in total. The fraction of sp³-hybridized carbons (Fsp3) is 0.400. The van der Waals surface area contributed by atoms with Gasteiger partial charge in [0.15, 0.2) is 0 Å². The van der Waals surface area contributed by atoms with Gasteiger partial charge in [0.25, 0.3) is 0 Å². The van der Waals surface area contributed by atoms with E-state index in [0.717, 1.165) is 0 Å². The van der Waals surface area contributed by atoms with Crippen LogP contribution >= 0.6 is 0 Å². The number of halogens is 1. The van der Waals surface area contributed by atoms with Gasteiger partial charge in [0, 0.05) is 12.1 Å². The molecule has 112 valence electrons. The number of carbonyl (C=O) groups excluding carboxylic acids is 2. The van der Waals surface area contributed by atoms with Gasteiger partial charge >= 0.3 is 11.8 Å². The van der Waals surface area contributed by atoms with Crippen LogP contribution in [0.15, 0.2) is 29.3 Å². The molecule has 0 aliphatic carbocycles. The van der Waals surface area contributed by atoms with Crippen molar-refractivity contribution in [2.24, 2.45) is 4.99 Å². The Morgan fingerprint density at radius 3 is 1.71 bits per heavy atom. The molecule has 1 saturated heterocycles. The highest BCUT2D eigenvalue weighted by Crippen LogP contribution is 2.22. The Kier molecular flexibility index (Phi) is 4.06. The first kappa shape index (κ1) is 15.2. The fourth-order valence-corrected chi connectivity index (χ4v) is 2.17. The van der Waals surface area contributed by atoms with Crippen LogP contribution in [0, 0.1) is 5.82 Å². The van der Waals surface area contributed by atoms with Crippen LogP contribution in [0.4, 0.5) is 10.1 Å². The summed E-state index contributed by atoms with van der Waals surface area (Å²) in [7, 11) is 0. The number of hydrogen-bond acceptors (Lipinski definition) is 3. The lowest BCUT2D eigenvalue weighted by Gasteiger charge is -2.25. The van der Waals surface area contributed by atoms with E-state index < -0.39 is 11.8 Å². The number of hydrogen-bond donors (Lipinski definition) is 0. The Morgan fingerprint density at radius 1 is 0.905 bits per heavy atom. The molecule has 6 heteroatoms. The molecule has 2 amide bonds. The minimum absolute atomic E-state index is 0.190. The third kappa shape index (κ3) is 2.79. The van der Waals surface area contributed by atoms with Gasteiger partial charge < -0.3 is 0 Å². The molecule has 1 aliphatic heterocycles. The highest BCUT2D eigenvalue weighted by molar-refractivity contribution is 6.45. The standard InChI is InChI=1S/C15H18FN3O2/c1-9(2)18-13(20)14(21)19(10(3)4)15(18)17-12-7-5-11(16)6-8-12/h5-10H,1-4H3. The molecule has 2 rings (SSSR count). The normalized spacial score (nSPS) is 15.7. The molecule has 0 radical (unpaired) electrons. The van der Waals surface area contributed by atoms with Crippen LogP contribution < -0.4 is 0 Å². The molecule has 1 aliphatic rings. The lowest BCUT2D eigenvalue weighted by Crippen LogP contribution is -2.41. The maximum Gasteiger partial charge on any atom is 0.319 e. The van der Waals surface area contributed by atoms with E-state index in [1.54, 1.807) is 0 Å². The Labute approximate surface area is 123 Å². The number of guanidine groups is 1. The van der Waals surface area contributed by atoms with E-state index in [4.69, 9.17) is 0 Å². The van der Waals surface area contributed by atoms with E-state index in [1.807, 2.05) is 27.7 Å². The van der Waals surface area contributed by atoms with Crippen molar-refractivity contribution < 1.29 is 14.0 Å². The lowest BCUT2D eigenvalue weighted by atomic mass is 10.3. The number of nitrogens with zero attached hydrogens (tertiary/aromatic N) is 3. The van der Waals surface area contributed by atoms with Gasteiger partial charge in [-0.25, -0.2) is 9.38 Å². The quantitative estimate of drug-likeness (QED) is 0.802. The summed E-state index contributed by atoms with van der Waals surface area (Å²) >= 11 is 0. The summed E-state index contributed by atoms with van der Waals surface area (Å²) in [5, 5.41) is 0. The Hall–Kier alpha value is -2.24. The van der Waals surface area contributed by atoms with Crippen molar-refractivity contribution in [3.05, 3.63) is 30.1 Å². The zero-order valence-electron chi connectivity index (χ0n) is 12.5. The van der Waals surface area contributed by atoms with Crippen molar-refractivity contribution in [2.45, 2.75) is 39.8 Å². The minimum Gasteiger partial charge on any atom is -0.271 e. The fourth-order valence-electron chi connectivity index (χ4n) is 2.17. The zero-order chi connectivity index (χ0) is 15.7. The molecule has 1 fully saturated rings. The number of amides is 2. The molecule has 1 aromatic carbocycles. The predicted octanol–water partition coefficient (Wildman–Crippen LogP) is 2.30. The highest BCUT2D eigenvalue weighted by Gasteiger charge is 2.45. The van der Waals surface area contributed by atoms with Crippen LogP contribution in [0.25, 0.3) is 0 Å². The van der Waals surface area contributed by atoms with Gasteiger partial charge in [-0.3, -0.25) is 19.4 Å². The van der Waals surface area contributed by atoms with Crippen LogP contribution in [0.5, 0.6) is 0 Å². The zero-order valence-corrected chi connectivity index (χ0v) is 12.5. The van der Waals surface area contributed by atoms with Crippen molar-refractivity contribution in [3.8, 4) is 0 Å². The molecule has 0 saturated carbocycles. The molecule has 0 unspecified atom stereocenters. The van der Waals surface area contributed by atoms with Crippen LogP contribution in [0.3, 0.4) is 0 Å². The van der Waals surface area contributed by atoms with Gasteiger partial charge in [0.2, 0.25) is 5.96 Å². The van der Waals surface area contributed by atoms with Gasteiger partial charge in [-0.05, 0) is 52.0 Å². The second kappa shape index (κ2) is 5.63. The maximum atomic E-state index is 13.0. The molecule has 1 aromatic rings. The molecular weight excluding hydrogens is 273 g/mol. The van der Waals surface area contributed by atoms with Crippen LogP contribution in [0.1, 0.15) is 27.7 Å². The monoisotopic (exact) mass is 291 g/mol. The first-order valence-corrected chi connectivity index (χ1v) is 6.84. The molecule has 5 nitrogen and oxygen atoms in total. The Bertz CT molecular complexity index is 565. The minimum atomic E-state index is -0.584. The molecule has 0 atom stereocenters. The SMILES string of the molecule is CC(C)N1C(=O)C(=O)N(C(C)C)C1=Nc1ccc(F)cc1. The van der Waals surface area contributed by atoms with Crippen LogP contribution in [-0.4, -0.2) is 39.7 Å². The number of rotatable bonds is 3. The Morgan fingerprint density at radius 2 is 1.33 bits per heavy atom. The van der Waals surface area contributed by atoms with Crippen molar-refractivity contribution in [3.63, 3.8) is 0 Å². The average Bonchev–Trinajstić information content (AvgIpc) is 2.64. The van der Waals surface area contributed by atoms with E-state index in [1.165, 1.54) is 34.1 Å². The van der Waals surface area contributed by atoms with Crippen LogP contribution in [0.2, 0.25) is 0 Å². The van der Waals surface area contributed by atoms with Crippen molar-refractivity contribution in [1.29, 1.82) is 0 Å². The lowest BCUT2D eigenvalue weighted by molar-refractivity contribution is -0.144. The maximum absolute atomic E-state index is 13.0. The van der Waals surface area contributed by atoms with E-state index in [-0.39, 0.29) is 17.9 Å². The Balaban J connectivity index is 2.50. The molecule has 0 aromatic heterocycles. The van der Waals surface area contributed by atoms with Gasteiger partial charge in [-0.15, -0.1) is 0 Å². The summed E-state index contributed by atoms with van der Waals surface area (Å²) in [6.45, 7) is 7.26. The molecule has 1 heterocycles. The molecule has 0 spiro atoms. The van der Waals surface area contributed by atoms with Gasteiger partial charge in [0.1, 0.15) is 5.82 Å². The largest absolute Gasteiger partial charge is 0.319 e. The topological polar surface area (TPSA) is 53.0 Å². The molecule has 21 heavy (non-hydrogen) atoms. The smallest absolute Gasteiger partial charge is 0.271 e. The van der Waals surface area contributed by atoms with Gasteiger partial charge in [0.05, 0.1) is 5.69 Å². The summed E-state index contributed by atoms with van der Waals surface area (Å²) in [4.78, 5) is 31.3. The summed E-state index contributed by atoms with van der Waals surface area (Å²) in [6, 6.07) is 5.21. The summed E-state index contributed by atoms with van der Waals surface area (Å²) in [6.07, 6.45) is 0. The van der Waals surface area contributed by atoms with Gasteiger partial charge in [-0.1, -0.05) is 0 Å². The average molecular weight is 291 g/mol. The van der Waals surface area contributed by atoms with E-state index >= 15 is 0 Å². The first-order chi connectivity index (χ1) is 9.82. The van der Waals surface area contributed by atoms with Gasteiger partial charge in [-0.2, -0.15) is 0 Å².